The second-order valence-corrected chi connectivity index (χ2v) is 10.2. The summed E-state index contributed by atoms with van der Waals surface area (Å²) in [6, 6.07) is 5.95. The molecule has 0 unspecified atom stereocenters. The molecule has 1 fully saturated rings. The van der Waals surface area contributed by atoms with E-state index < -0.39 is 0 Å². The highest BCUT2D eigenvalue weighted by atomic mass is 32.1. The van der Waals surface area contributed by atoms with E-state index in [1.54, 1.807) is 19.4 Å². The number of aromatic nitrogens is 3. The van der Waals surface area contributed by atoms with Crippen LogP contribution in [0.3, 0.4) is 0 Å². The molecule has 1 aliphatic heterocycles. The topological polar surface area (TPSA) is 126 Å². The number of nitrogens with zero attached hydrogens (tertiary/aromatic N) is 4. The van der Waals surface area contributed by atoms with E-state index >= 15 is 0 Å². The number of aliphatic hydroxyl groups excluding tert-OH is 1. The van der Waals surface area contributed by atoms with Crippen molar-refractivity contribution in [3.63, 3.8) is 0 Å². The maximum atomic E-state index is 12.5. The highest BCUT2D eigenvalue weighted by Gasteiger charge is 2.35. The molecule has 2 amide bonds. The van der Waals surface area contributed by atoms with E-state index in [1.807, 2.05) is 12.1 Å². The molecule has 3 aromatic heterocycles. The summed E-state index contributed by atoms with van der Waals surface area (Å²) in [5.41, 5.74) is 1.65. The SMILES string of the molecule is COc1cccc(-c2cnc(N3[C@H](C)Cc4nc(NC(=O)NC5CCC(O)CC5)sc4[C@@H]3C)o2)n1. The number of rotatable bonds is 5. The standard InChI is InChI=1S/C24H30N6O4S/c1-13-11-18-21(35-23(28-18)29-22(32)26-15-7-9-16(31)10-8-15)14(2)30(13)24-25-12-19(34-24)17-5-4-6-20(27-17)33-3/h4-6,12-16,31H,7-11H2,1-3H3,(H2,26,28,29,32)/t13-,14+,15?,16?/m1/s1. The Labute approximate surface area is 207 Å². The fourth-order valence-corrected chi connectivity index (χ4v) is 5.88. The molecular formula is C24H30N6O4S. The summed E-state index contributed by atoms with van der Waals surface area (Å²) in [7, 11) is 1.58. The smallest absolute Gasteiger partial charge is 0.321 e. The van der Waals surface area contributed by atoms with Crippen molar-refractivity contribution in [3.8, 4) is 17.3 Å². The van der Waals surface area contributed by atoms with Crippen molar-refractivity contribution in [2.75, 3.05) is 17.3 Å². The molecule has 1 saturated carbocycles. The number of hydrogen-bond donors (Lipinski definition) is 3. The number of carbonyl (C=O) groups is 1. The van der Waals surface area contributed by atoms with E-state index in [9.17, 15) is 9.90 Å². The van der Waals surface area contributed by atoms with Crippen molar-refractivity contribution in [2.45, 2.75) is 70.2 Å². The number of amides is 2. The van der Waals surface area contributed by atoms with Crippen LogP contribution in [-0.4, -0.2) is 51.4 Å². The van der Waals surface area contributed by atoms with Crippen LogP contribution in [0.1, 0.15) is 56.1 Å². The van der Waals surface area contributed by atoms with Crippen LogP contribution in [-0.2, 0) is 6.42 Å². The van der Waals surface area contributed by atoms with Gasteiger partial charge in [-0.3, -0.25) is 5.32 Å². The number of pyridine rings is 1. The number of carbonyl (C=O) groups excluding carboxylic acids is 1. The van der Waals surface area contributed by atoms with Crippen molar-refractivity contribution in [1.29, 1.82) is 0 Å². The van der Waals surface area contributed by atoms with Crippen molar-refractivity contribution >= 4 is 28.5 Å². The highest BCUT2D eigenvalue weighted by Crippen LogP contribution is 2.41. The zero-order chi connectivity index (χ0) is 24.5. The Morgan fingerprint density at radius 2 is 2.03 bits per heavy atom. The highest BCUT2D eigenvalue weighted by molar-refractivity contribution is 7.16. The van der Waals surface area contributed by atoms with Gasteiger partial charge in [0.25, 0.3) is 6.01 Å². The largest absolute Gasteiger partial charge is 0.481 e. The monoisotopic (exact) mass is 498 g/mol. The first-order chi connectivity index (χ1) is 16.9. The van der Waals surface area contributed by atoms with E-state index in [-0.39, 0.29) is 30.3 Å². The lowest BCUT2D eigenvalue weighted by Gasteiger charge is -2.36. The Kier molecular flexibility index (Phi) is 6.61. The molecular weight excluding hydrogens is 468 g/mol. The number of nitrogens with one attached hydrogen (secondary N) is 2. The lowest BCUT2D eigenvalue weighted by Crippen LogP contribution is -2.41. The molecule has 2 atom stereocenters. The summed E-state index contributed by atoms with van der Waals surface area (Å²) in [4.78, 5) is 29.4. The van der Waals surface area contributed by atoms with Gasteiger partial charge in [0.1, 0.15) is 5.69 Å². The molecule has 11 heteroatoms. The molecule has 0 aromatic carbocycles. The fraction of sp³-hybridized carbons (Fsp3) is 0.500. The number of hydrogen-bond acceptors (Lipinski definition) is 9. The van der Waals surface area contributed by atoms with Crippen LogP contribution in [0.4, 0.5) is 15.9 Å². The maximum Gasteiger partial charge on any atom is 0.321 e. The average molecular weight is 499 g/mol. The number of methoxy groups -OCH3 is 1. The molecule has 4 heterocycles. The third-order valence-electron chi connectivity index (χ3n) is 6.64. The second-order valence-electron chi connectivity index (χ2n) is 9.14. The van der Waals surface area contributed by atoms with Gasteiger partial charge in [0.15, 0.2) is 10.9 Å². The van der Waals surface area contributed by atoms with Gasteiger partial charge in [-0.05, 0) is 45.6 Å². The number of anilines is 2. The summed E-state index contributed by atoms with van der Waals surface area (Å²) >= 11 is 1.48. The number of thiazole rings is 1. The third-order valence-corrected chi connectivity index (χ3v) is 7.82. The van der Waals surface area contributed by atoms with Crippen LogP contribution in [0.2, 0.25) is 0 Å². The van der Waals surface area contributed by atoms with Crippen molar-refractivity contribution in [2.24, 2.45) is 0 Å². The van der Waals surface area contributed by atoms with Gasteiger partial charge in [-0.2, -0.15) is 0 Å². The minimum atomic E-state index is -0.252. The van der Waals surface area contributed by atoms with Crippen molar-refractivity contribution in [3.05, 3.63) is 35.0 Å². The quantitative estimate of drug-likeness (QED) is 0.479. The number of ether oxygens (including phenoxy) is 1. The number of aliphatic hydroxyl groups is 1. The van der Waals surface area contributed by atoms with Gasteiger partial charge in [0.2, 0.25) is 5.88 Å². The maximum absolute atomic E-state index is 12.5. The van der Waals surface area contributed by atoms with Crippen LogP contribution >= 0.6 is 11.3 Å². The molecule has 1 aliphatic carbocycles. The van der Waals surface area contributed by atoms with Gasteiger partial charge < -0.3 is 24.5 Å². The number of oxazole rings is 1. The van der Waals surface area contributed by atoms with E-state index in [0.29, 0.717) is 28.5 Å². The molecule has 0 radical (unpaired) electrons. The van der Waals surface area contributed by atoms with Crippen molar-refractivity contribution in [1.82, 2.24) is 20.3 Å². The zero-order valence-corrected chi connectivity index (χ0v) is 20.8. The Balaban J connectivity index is 1.29. The molecule has 0 spiro atoms. The molecule has 186 valence electrons. The average Bonchev–Trinajstić information content (AvgIpc) is 3.48. The van der Waals surface area contributed by atoms with Crippen LogP contribution < -0.4 is 20.3 Å². The fourth-order valence-electron chi connectivity index (χ4n) is 4.84. The first-order valence-electron chi connectivity index (χ1n) is 11.9. The third kappa shape index (κ3) is 4.96. The molecule has 35 heavy (non-hydrogen) atoms. The van der Waals surface area contributed by atoms with E-state index in [0.717, 1.165) is 42.7 Å². The summed E-state index contributed by atoms with van der Waals surface area (Å²) in [5, 5.41) is 16.1. The first kappa shape index (κ1) is 23.6. The molecule has 0 bridgehead atoms. The molecule has 10 nitrogen and oxygen atoms in total. The zero-order valence-electron chi connectivity index (χ0n) is 20.0. The number of fused-ring (bicyclic) bond motifs is 1. The minimum absolute atomic E-state index is 0.0190. The second kappa shape index (κ2) is 9.82. The summed E-state index contributed by atoms with van der Waals surface area (Å²) in [5.74, 6) is 1.09. The Bertz CT molecular complexity index is 1190. The normalized spacial score (nSPS) is 24.1. The van der Waals surface area contributed by atoms with Crippen LogP contribution in [0.5, 0.6) is 5.88 Å². The van der Waals surface area contributed by atoms with Gasteiger partial charge in [0.05, 0.1) is 36.0 Å². The number of urea groups is 1. The Hall–Kier alpha value is -3.18. The van der Waals surface area contributed by atoms with Crippen molar-refractivity contribution < 1.29 is 19.1 Å². The molecule has 3 aromatic rings. The molecule has 3 N–H and O–H groups in total. The van der Waals surface area contributed by atoms with Gasteiger partial charge >= 0.3 is 6.03 Å². The van der Waals surface area contributed by atoms with Crippen LogP contribution in [0, 0.1) is 0 Å². The van der Waals surface area contributed by atoms with Gasteiger partial charge in [-0.15, -0.1) is 0 Å². The van der Waals surface area contributed by atoms with Gasteiger partial charge in [-0.25, -0.2) is 19.7 Å². The Morgan fingerprint density at radius 3 is 2.80 bits per heavy atom. The van der Waals surface area contributed by atoms with E-state index in [4.69, 9.17) is 14.1 Å². The van der Waals surface area contributed by atoms with Gasteiger partial charge in [0, 0.05) is 24.6 Å². The van der Waals surface area contributed by atoms with E-state index in [2.05, 4.69) is 39.3 Å². The van der Waals surface area contributed by atoms with Gasteiger partial charge in [-0.1, -0.05) is 17.4 Å². The van der Waals surface area contributed by atoms with Crippen LogP contribution in [0.15, 0.2) is 28.8 Å². The predicted octanol–water partition coefficient (Wildman–Crippen LogP) is 4.14. The van der Waals surface area contributed by atoms with E-state index in [1.165, 1.54) is 11.3 Å². The lowest BCUT2D eigenvalue weighted by atomic mass is 9.93. The first-order valence-corrected chi connectivity index (χ1v) is 12.7. The predicted molar refractivity (Wildman–Crippen MR) is 133 cm³/mol. The lowest BCUT2D eigenvalue weighted by molar-refractivity contribution is 0.118. The summed E-state index contributed by atoms with van der Waals surface area (Å²) < 4.78 is 11.3. The molecule has 0 saturated heterocycles. The molecule has 5 rings (SSSR count). The molecule has 2 aliphatic rings. The van der Waals surface area contributed by atoms with Crippen LogP contribution in [0.25, 0.3) is 11.5 Å². The minimum Gasteiger partial charge on any atom is -0.481 e. The Morgan fingerprint density at radius 1 is 1.23 bits per heavy atom. The summed E-state index contributed by atoms with van der Waals surface area (Å²) in [6.07, 6.45) is 5.16. The summed E-state index contributed by atoms with van der Waals surface area (Å²) in [6.45, 7) is 4.21.